The zero-order chi connectivity index (χ0) is 18.3. The van der Waals surface area contributed by atoms with Gasteiger partial charge in [0.15, 0.2) is 0 Å². The molecule has 2 aromatic rings. The molecule has 0 spiro atoms. The van der Waals surface area contributed by atoms with E-state index in [1.807, 2.05) is 36.4 Å². The molecular weight excluding hydrogens is 330 g/mol. The van der Waals surface area contributed by atoms with Crippen LogP contribution in [0.25, 0.3) is 0 Å². The Hall–Kier alpha value is -2.53. The largest absolute Gasteiger partial charge is 0.465 e. The van der Waals surface area contributed by atoms with Gasteiger partial charge in [-0.1, -0.05) is 32.9 Å². The average molecular weight is 353 g/mol. The number of benzene rings is 2. The Morgan fingerprint density at radius 1 is 1.23 bits per heavy atom. The molecule has 2 heterocycles. The molecular formula is C21H23NO4. The fourth-order valence-corrected chi connectivity index (χ4v) is 3.52. The van der Waals surface area contributed by atoms with Gasteiger partial charge in [-0.15, -0.1) is 0 Å². The molecule has 5 heteroatoms. The SMILES string of the molecule is CC(C)c1ccc(NC(=O)Oc2ccc3c(c2)[C@@]2(C)CO[C@H](C2)O3)cc1. The van der Waals surface area contributed by atoms with Crippen LogP contribution in [-0.2, 0) is 10.2 Å². The summed E-state index contributed by atoms with van der Waals surface area (Å²) in [6.45, 7) is 7.03. The quantitative estimate of drug-likeness (QED) is 0.860. The highest BCUT2D eigenvalue weighted by Gasteiger charge is 2.45. The van der Waals surface area contributed by atoms with E-state index in [0.29, 0.717) is 24.0 Å². The lowest BCUT2D eigenvalue weighted by Crippen LogP contribution is -2.29. The molecule has 2 aromatic carbocycles. The molecule has 0 aliphatic carbocycles. The number of carbonyl (C=O) groups is 1. The summed E-state index contributed by atoms with van der Waals surface area (Å²) in [5.74, 6) is 1.75. The molecule has 5 nitrogen and oxygen atoms in total. The van der Waals surface area contributed by atoms with Crippen LogP contribution in [0.3, 0.4) is 0 Å². The lowest BCUT2D eigenvalue weighted by atomic mass is 9.80. The molecule has 1 amide bonds. The molecule has 1 fully saturated rings. The van der Waals surface area contributed by atoms with Crippen LogP contribution in [0.1, 0.15) is 44.2 Å². The molecule has 136 valence electrons. The topological polar surface area (TPSA) is 56.8 Å². The van der Waals surface area contributed by atoms with Gasteiger partial charge < -0.3 is 14.2 Å². The summed E-state index contributed by atoms with van der Waals surface area (Å²) < 4.78 is 16.9. The molecule has 4 rings (SSSR count). The molecule has 26 heavy (non-hydrogen) atoms. The average Bonchev–Trinajstić information content (AvgIpc) is 2.92. The van der Waals surface area contributed by atoms with Crippen molar-refractivity contribution in [3.63, 3.8) is 0 Å². The van der Waals surface area contributed by atoms with Crippen LogP contribution in [-0.4, -0.2) is 19.0 Å². The van der Waals surface area contributed by atoms with Crippen molar-refractivity contribution in [3.8, 4) is 11.5 Å². The maximum absolute atomic E-state index is 12.2. The van der Waals surface area contributed by atoms with Crippen molar-refractivity contribution in [2.45, 2.75) is 44.8 Å². The third-order valence-corrected chi connectivity index (χ3v) is 5.10. The van der Waals surface area contributed by atoms with E-state index in [0.717, 1.165) is 17.7 Å². The highest BCUT2D eigenvalue weighted by atomic mass is 16.7. The fourth-order valence-electron chi connectivity index (χ4n) is 3.52. The van der Waals surface area contributed by atoms with Gasteiger partial charge in [0.1, 0.15) is 11.5 Å². The Bertz CT molecular complexity index is 830. The normalized spacial score (nSPS) is 23.3. The van der Waals surface area contributed by atoms with Gasteiger partial charge in [0, 0.05) is 23.1 Å². The van der Waals surface area contributed by atoms with Crippen molar-refractivity contribution in [3.05, 3.63) is 53.6 Å². The van der Waals surface area contributed by atoms with E-state index < -0.39 is 6.09 Å². The number of carbonyl (C=O) groups excluding carboxylic acids is 1. The highest BCUT2D eigenvalue weighted by Crippen LogP contribution is 2.47. The number of hydrogen-bond acceptors (Lipinski definition) is 4. The maximum atomic E-state index is 12.2. The predicted molar refractivity (Wildman–Crippen MR) is 99.0 cm³/mol. The fraction of sp³-hybridized carbons (Fsp3) is 0.381. The molecule has 0 unspecified atom stereocenters. The van der Waals surface area contributed by atoms with Crippen LogP contribution in [0.15, 0.2) is 42.5 Å². The van der Waals surface area contributed by atoms with Crippen LogP contribution < -0.4 is 14.8 Å². The Balaban J connectivity index is 1.46. The number of hydrogen-bond donors (Lipinski definition) is 1. The molecule has 2 bridgehead atoms. The molecule has 2 atom stereocenters. The van der Waals surface area contributed by atoms with Gasteiger partial charge >= 0.3 is 6.09 Å². The van der Waals surface area contributed by atoms with Gasteiger partial charge in [0.2, 0.25) is 6.29 Å². The van der Waals surface area contributed by atoms with Crippen LogP contribution in [0.4, 0.5) is 10.5 Å². The maximum Gasteiger partial charge on any atom is 0.417 e. The zero-order valence-electron chi connectivity index (χ0n) is 15.2. The van der Waals surface area contributed by atoms with E-state index in [4.69, 9.17) is 14.2 Å². The highest BCUT2D eigenvalue weighted by molar-refractivity contribution is 5.86. The van der Waals surface area contributed by atoms with Crippen molar-refractivity contribution < 1.29 is 19.0 Å². The lowest BCUT2D eigenvalue weighted by molar-refractivity contribution is -0.0380. The van der Waals surface area contributed by atoms with E-state index in [1.165, 1.54) is 5.56 Å². The summed E-state index contributed by atoms with van der Waals surface area (Å²) in [6.07, 6.45) is 0.138. The van der Waals surface area contributed by atoms with E-state index in [1.54, 1.807) is 6.07 Å². The number of rotatable bonds is 3. The summed E-state index contributed by atoms with van der Waals surface area (Å²) >= 11 is 0. The van der Waals surface area contributed by atoms with Gasteiger partial charge in [0.25, 0.3) is 0 Å². The van der Waals surface area contributed by atoms with Crippen molar-refractivity contribution in [1.29, 1.82) is 0 Å². The standard InChI is InChI=1S/C21H23NO4/c1-13(2)14-4-6-15(7-5-14)22-20(23)25-16-8-9-18-17(10-16)21(3)11-19(26-18)24-12-21/h4-10,13,19H,11-12H2,1-3H3,(H,22,23)/t19-,21+/m0/s1. The van der Waals surface area contributed by atoms with Crippen molar-refractivity contribution in [2.24, 2.45) is 0 Å². The third kappa shape index (κ3) is 3.15. The lowest BCUT2D eigenvalue weighted by Gasteiger charge is -2.29. The minimum absolute atomic E-state index is 0.0965. The second-order valence-corrected chi connectivity index (χ2v) is 7.57. The first-order chi connectivity index (χ1) is 12.4. The van der Waals surface area contributed by atoms with Crippen LogP contribution >= 0.6 is 0 Å². The van der Waals surface area contributed by atoms with Crippen molar-refractivity contribution >= 4 is 11.8 Å². The van der Waals surface area contributed by atoms with Gasteiger partial charge in [-0.25, -0.2) is 4.79 Å². The number of nitrogens with one attached hydrogen (secondary N) is 1. The first-order valence-electron chi connectivity index (χ1n) is 8.94. The first kappa shape index (κ1) is 16.9. The predicted octanol–water partition coefficient (Wildman–Crippen LogP) is 4.82. The Kier molecular flexibility index (Phi) is 4.11. The second-order valence-electron chi connectivity index (χ2n) is 7.57. The van der Waals surface area contributed by atoms with Crippen LogP contribution in [0, 0.1) is 0 Å². The van der Waals surface area contributed by atoms with Gasteiger partial charge in [-0.05, 0) is 41.8 Å². The Morgan fingerprint density at radius 3 is 2.73 bits per heavy atom. The molecule has 1 saturated heterocycles. The van der Waals surface area contributed by atoms with E-state index in [-0.39, 0.29) is 11.7 Å². The molecule has 2 aliphatic rings. The van der Waals surface area contributed by atoms with Crippen molar-refractivity contribution in [1.82, 2.24) is 0 Å². The zero-order valence-corrected chi connectivity index (χ0v) is 15.2. The van der Waals surface area contributed by atoms with Gasteiger partial charge in [-0.2, -0.15) is 0 Å². The summed E-state index contributed by atoms with van der Waals surface area (Å²) in [5.41, 5.74) is 2.86. The summed E-state index contributed by atoms with van der Waals surface area (Å²) in [4.78, 5) is 12.2. The van der Waals surface area contributed by atoms with Gasteiger partial charge in [-0.3, -0.25) is 5.32 Å². The second kappa shape index (κ2) is 6.32. The number of ether oxygens (including phenoxy) is 3. The molecule has 1 N–H and O–H groups in total. The van der Waals surface area contributed by atoms with E-state index in [9.17, 15) is 4.79 Å². The Morgan fingerprint density at radius 2 is 2.00 bits per heavy atom. The minimum atomic E-state index is -0.510. The smallest absolute Gasteiger partial charge is 0.417 e. The monoisotopic (exact) mass is 353 g/mol. The number of anilines is 1. The summed E-state index contributed by atoms with van der Waals surface area (Å²) in [7, 11) is 0. The molecule has 0 radical (unpaired) electrons. The molecule has 0 saturated carbocycles. The minimum Gasteiger partial charge on any atom is -0.465 e. The van der Waals surface area contributed by atoms with E-state index >= 15 is 0 Å². The first-order valence-corrected chi connectivity index (χ1v) is 8.94. The van der Waals surface area contributed by atoms with Gasteiger partial charge in [0.05, 0.1) is 6.61 Å². The number of fused-ring (bicyclic) bond motifs is 4. The third-order valence-electron chi connectivity index (χ3n) is 5.10. The van der Waals surface area contributed by atoms with Crippen LogP contribution in [0.5, 0.6) is 11.5 Å². The molecule has 2 aliphatic heterocycles. The summed E-state index contributed by atoms with van der Waals surface area (Å²) in [6, 6.07) is 13.2. The number of amides is 1. The van der Waals surface area contributed by atoms with Crippen LogP contribution in [0.2, 0.25) is 0 Å². The van der Waals surface area contributed by atoms with E-state index in [2.05, 4.69) is 26.1 Å². The summed E-state index contributed by atoms with van der Waals surface area (Å²) in [5, 5.41) is 2.76. The Labute approximate surface area is 153 Å². The van der Waals surface area contributed by atoms with Crippen molar-refractivity contribution in [2.75, 3.05) is 11.9 Å². The molecule has 0 aromatic heterocycles.